The summed E-state index contributed by atoms with van der Waals surface area (Å²) in [7, 11) is 3.17. The topological polar surface area (TPSA) is 88.6 Å². The Morgan fingerprint density at radius 3 is 2.60 bits per heavy atom. The molecule has 0 radical (unpaired) electrons. The molecular weight excluding hydrogens is 382 g/mol. The second-order valence-corrected chi connectivity index (χ2v) is 7.38. The average molecular weight is 414 g/mol. The van der Waals surface area contributed by atoms with Crippen molar-refractivity contribution in [3.8, 4) is 11.5 Å². The van der Waals surface area contributed by atoms with Gasteiger partial charge in [-0.1, -0.05) is 0 Å². The van der Waals surface area contributed by atoms with Gasteiger partial charge in [-0.25, -0.2) is 9.97 Å². The molecule has 8 nitrogen and oxygen atoms in total. The SMILES string of the molecule is CCNc1cc(N2CCC(CCC(=O)Nc3ccc(OC)c(OC)c3)CC2)ncn1. The number of nitrogens with one attached hydrogen (secondary N) is 2. The summed E-state index contributed by atoms with van der Waals surface area (Å²) in [4.78, 5) is 23.3. The van der Waals surface area contributed by atoms with Gasteiger partial charge in [0.25, 0.3) is 0 Å². The van der Waals surface area contributed by atoms with Gasteiger partial charge < -0.3 is 25.0 Å². The molecule has 1 aliphatic heterocycles. The lowest BCUT2D eigenvalue weighted by atomic mass is 9.92. The molecule has 0 aliphatic carbocycles. The summed E-state index contributed by atoms with van der Waals surface area (Å²) >= 11 is 0. The van der Waals surface area contributed by atoms with Gasteiger partial charge in [0.1, 0.15) is 18.0 Å². The molecule has 0 bridgehead atoms. The number of aromatic nitrogens is 2. The fraction of sp³-hybridized carbons (Fsp3) is 0.500. The molecule has 1 aromatic carbocycles. The van der Waals surface area contributed by atoms with E-state index in [-0.39, 0.29) is 5.91 Å². The summed E-state index contributed by atoms with van der Waals surface area (Å²) in [6.45, 7) is 4.79. The number of hydrogen-bond acceptors (Lipinski definition) is 7. The zero-order valence-corrected chi connectivity index (χ0v) is 18.0. The van der Waals surface area contributed by atoms with Gasteiger partial charge in [0.2, 0.25) is 5.91 Å². The summed E-state index contributed by atoms with van der Waals surface area (Å²) < 4.78 is 10.5. The molecule has 3 rings (SSSR count). The lowest BCUT2D eigenvalue weighted by Gasteiger charge is -2.32. The third kappa shape index (κ3) is 5.75. The monoisotopic (exact) mass is 413 g/mol. The molecule has 0 unspecified atom stereocenters. The number of rotatable bonds is 9. The van der Waals surface area contributed by atoms with Crippen molar-refractivity contribution in [2.24, 2.45) is 5.92 Å². The molecule has 1 amide bonds. The summed E-state index contributed by atoms with van der Waals surface area (Å²) in [5, 5.41) is 6.18. The highest BCUT2D eigenvalue weighted by Gasteiger charge is 2.21. The fourth-order valence-electron chi connectivity index (χ4n) is 3.72. The Balaban J connectivity index is 1.44. The highest BCUT2D eigenvalue weighted by Crippen LogP contribution is 2.30. The van der Waals surface area contributed by atoms with Crippen molar-refractivity contribution in [1.29, 1.82) is 0 Å². The first kappa shape index (κ1) is 21.7. The van der Waals surface area contributed by atoms with Gasteiger partial charge in [0.15, 0.2) is 11.5 Å². The summed E-state index contributed by atoms with van der Waals surface area (Å²) in [5.74, 6) is 3.64. The van der Waals surface area contributed by atoms with E-state index in [0.717, 1.165) is 50.5 Å². The van der Waals surface area contributed by atoms with Gasteiger partial charge in [0.05, 0.1) is 14.2 Å². The molecule has 2 heterocycles. The third-order valence-electron chi connectivity index (χ3n) is 5.40. The molecule has 8 heteroatoms. The van der Waals surface area contributed by atoms with Crippen LogP contribution in [0.1, 0.15) is 32.6 Å². The Kier molecular flexibility index (Phi) is 7.70. The van der Waals surface area contributed by atoms with E-state index < -0.39 is 0 Å². The van der Waals surface area contributed by atoms with Gasteiger partial charge in [-0.05, 0) is 44.2 Å². The minimum Gasteiger partial charge on any atom is -0.493 e. The highest BCUT2D eigenvalue weighted by atomic mass is 16.5. The van der Waals surface area contributed by atoms with Crippen molar-refractivity contribution in [1.82, 2.24) is 9.97 Å². The second kappa shape index (κ2) is 10.7. The maximum Gasteiger partial charge on any atom is 0.224 e. The molecule has 30 heavy (non-hydrogen) atoms. The number of methoxy groups -OCH3 is 2. The van der Waals surface area contributed by atoms with Crippen molar-refractivity contribution in [2.45, 2.75) is 32.6 Å². The van der Waals surface area contributed by atoms with Crippen molar-refractivity contribution in [2.75, 3.05) is 49.4 Å². The van der Waals surface area contributed by atoms with Crippen LogP contribution in [-0.2, 0) is 4.79 Å². The predicted octanol–water partition coefficient (Wildman–Crippen LogP) is 3.56. The summed E-state index contributed by atoms with van der Waals surface area (Å²) in [6, 6.07) is 7.39. The standard InChI is InChI=1S/C22H31N5O3/c1-4-23-20-14-21(25-15-24-20)27-11-9-16(10-12-27)5-8-22(28)26-17-6-7-18(29-2)19(13-17)30-3/h6-7,13-16H,4-5,8-12H2,1-3H3,(H,26,28)(H,23,24,25). The number of piperidine rings is 1. The molecular formula is C22H31N5O3. The Labute approximate surface area is 178 Å². The van der Waals surface area contributed by atoms with Gasteiger partial charge >= 0.3 is 0 Å². The first-order chi connectivity index (χ1) is 14.6. The number of amides is 1. The molecule has 1 aliphatic rings. The maximum absolute atomic E-state index is 12.4. The molecule has 0 spiro atoms. The van der Waals surface area contributed by atoms with E-state index >= 15 is 0 Å². The summed E-state index contributed by atoms with van der Waals surface area (Å²) in [6.07, 6.45) is 5.13. The number of carbonyl (C=O) groups excluding carboxylic acids is 1. The second-order valence-electron chi connectivity index (χ2n) is 7.38. The lowest BCUT2D eigenvalue weighted by molar-refractivity contribution is -0.116. The van der Waals surface area contributed by atoms with Crippen LogP contribution in [0.4, 0.5) is 17.3 Å². The van der Waals surface area contributed by atoms with Crippen LogP contribution in [0.5, 0.6) is 11.5 Å². The smallest absolute Gasteiger partial charge is 0.224 e. The van der Waals surface area contributed by atoms with Crippen molar-refractivity contribution < 1.29 is 14.3 Å². The minimum atomic E-state index is 0.0238. The number of carbonyl (C=O) groups is 1. The molecule has 1 saturated heterocycles. The number of ether oxygens (including phenoxy) is 2. The van der Waals surface area contributed by atoms with Crippen LogP contribution in [0.2, 0.25) is 0 Å². The molecule has 0 atom stereocenters. The fourth-order valence-corrected chi connectivity index (χ4v) is 3.72. The van der Waals surface area contributed by atoms with Gasteiger partial charge in [0, 0.05) is 43.9 Å². The molecule has 1 fully saturated rings. The van der Waals surface area contributed by atoms with E-state index in [0.29, 0.717) is 29.5 Å². The van der Waals surface area contributed by atoms with Gasteiger partial charge in [-0.3, -0.25) is 4.79 Å². The van der Waals surface area contributed by atoms with Crippen LogP contribution in [0, 0.1) is 5.92 Å². The van der Waals surface area contributed by atoms with Crippen molar-refractivity contribution >= 4 is 23.2 Å². The average Bonchev–Trinajstić information content (AvgIpc) is 2.78. The Hall–Kier alpha value is -3.03. The largest absolute Gasteiger partial charge is 0.493 e. The van der Waals surface area contributed by atoms with E-state index in [9.17, 15) is 4.79 Å². The lowest BCUT2D eigenvalue weighted by Crippen LogP contribution is -2.34. The zero-order chi connectivity index (χ0) is 21.3. The van der Waals surface area contributed by atoms with Crippen LogP contribution in [0.15, 0.2) is 30.6 Å². The first-order valence-corrected chi connectivity index (χ1v) is 10.5. The van der Waals surface area contributed by atoms with E-state index in [2.05, 4.69) is 32.4 Å². The predicted molar refractivity (Wildman–Crippen MR) is 119 cm³/mol. The molecule has 0 saturated carbocycles. The van der Waals surface area contributed by atoms with Crippen LogP contribution in [0.25, 0.3) is 0 Å². The zero-order valence-electron chi connectivity index (χ0n) is 18.0. The number of nitrogens with zero attached hydrogens (tertiary/aromatic N) is 3. The number of anilines is 3. The molecule has 2 aromatic rings. The number of hydrogen-bond donors (Lipinski definition) is 2. The van der Waals surface area contributed by atoms with E-state index in [1.165, 1.54) is 0 Å². The Morgan fingerprint density at radius 2 is 1.90 bits per heavy atom. The van der Waals surface area contributed by atoms with Crippen molar-refractivity contribution in [3.63, 3.8) is 0 Å². The number of benzene rings is 1. The molecule has 2 N–H and O–H groups in total. The quantitative estimate of drug-likeness (QED) is 0.650. The first-order valence-electron chi connectivity index (χ1n) is 10.5. The van der Waals surface area contributed by atoms with Crippen LogP contribution in [-0.4, -0.2) is 49.7 Å². The third-order valence-corrected chi connectivity index (χ3v) is 5.40. The van der Waals surface area contributed by atoms with Gasteiger partial charge in [-0.2, -0.15) is 0 Å². The van der Waals surface area contributed by atoms with Crippen LogP contribution < -0.4 is 25.0 Å². The van der Waals surface area contributed by atoms with Crippen molar-refractivity contribution in [3.05, 3.63) is 30.6 Å². The Bertz CT molecular complexity index is 837. The maximum atomic E-state index is 12.4. The van der Waals surface area contributed by atoms with Crippen LogP contribution in [0.3, 0.4) is 0 Å². The Morgan fingerprint density at radius 1 is 1.13 bits per heavy atom. The molecule has 162 valence electrons. The normalized spacial score (nSPS) is 14.3. The highest BCUT2D eigenvalue weighted by molar-refractivity contribution is 5.91. The van der Waals surface area contributed by atoms with E-state index in [1.54, 1.807) is 32.7 Å². The van der Waals surface area contributed by atoms with Gasteiger partial charge in [-0.15, -0.1) is 0 Å². The van der Waals surface area contributed by atoms with Crippen LogP contribution >= 0.6 is 0 Å². The van der Waals surface area contributed by atoms with E-state index in [1.807, 2.05) is 12.1 Å². The van der Waals surface area contributed by atoms with E-state index in [4.69, 9.17) is 9.47 Å². The summed E-state index contributed by atoms with van der Waals surface area (Å²) in [5.41, 5.74) is 0.715. The molecule has 1 aromatic heterocycles. The minimum absolute atomic E-state index is 0.0238.